The van der Waals surface area contributed by atoms with E-state index in [0.29, 0.717) is 6.61 Å². The van der Waals surface area contributed by atoms with Crippen LogP contribution in [0.25, 0.3) is 33.5 Å². The number of aromatic nitrogens is 4. The minimum absolute atomic E-state index is 0.244. The van der Waals surface area contributed by atoms with Gasteiger partial charge in [-0.2, -0.15) is 0 Å². The molecule has 1 atom stereocenters. The third kappa shape index (κ3) is 2.42. The van der Waals surface area contributed by atoms with Crippen molar-refractivity contribution in [2.24, 2.45) is 0 Å². The first kappa shape index (κ1) is 15.3. The van der Waals surface area contributed by atoms with Gasteiger partial charge >= 0.3 is 0 Å². The van der Waals surface area contributed by atoms with Gasteiger partial charge in [0.25, 0.3) is 0 Å². The highest BCUT2D eigenvalue weighted by Crippen LogP contribution is 2.37. The van der Waals surface area contributed by atoms with Crippen molar-refractivity contribution >= 4 is 11.0 Å². The molecule has 3 aromatic heterocycles. The van der Waals surface area contributed by atoms with Gasteiger partial charge in [-0.25, -0.2) is 14.4 Å². The Balaban J connectivity index is 1.76. The Morgan fingerprint density at radius 1 is 1.12 bits per heavy atom. The summed E-state index contributed by atoms with van der Waals surface area (Å²) in [6, 6.07) is 10.7. The average Bonchev–Trinajstić information content (AvgIpc) is 3.41. The third-order valence-corrected chi connectivity index (χ3v) is 4.93. The number of pyridine rings is 1. The predicted molar refractivity (Wildman–Crippen MR) is 97.2 cm³/mol. The number of rotatable bonds is 3. The molecule has 1 aliphatic heterocycles. The molecule has 0 spiro atoms. The molecule has 0 aliphatic carbocycles. The highest BCUT2D eigenvalue weighted by molar-refractivity contribution is 5.95. The van der Waals surface area contributed by atoms with Crippen molar-refractivity contribution in [3.8, 4) is 22.5 Å². The van der Waals surface area contributed by atoms with Gasteiger partial charge < -0.3 is 14.3 Å². The lowest BCUT2D eigenvalue weighted by Gasteiger charge is -2.16. The molecule has 6 heteroatoms. The van der Waals surface area contributed by atoms with Crippen LogP contribution in [0.15, 0.2) is 55.1 Å². The number of fused-ring (bicyclic) bond motifs is 1. The van der Waals surface area contributed by atoms with E-state index in [1.54, 1.807) is 18.3 Å². The number of H-pyrrole nitrogens is 1. The summed E-state index contributed by atoms with van der Waals surface area (Å²) in [6.45, 7) is 1.43. The Hall–Kier alpha value is -2.99. The molecule has 1 aliphatic rings. The number of nitrogens with zero attached hydrogens (tertiary/aromatic N) is 3. The number of hydrogen-bond donors (Lipinski definition) is 1. The molecule has 130 valence electrons. The molecule has 1 fully saturated rings. The molecule has 4 heterocycles. The molecular formula is C20H17FN4O. The number of benzene rings is 1. The summed E-state index contributed by atoms with van der Waals surface area (Å²) in [5.74, 6) is -0.254. The summed E-state index contributed by atoms with van der Waals surface area (Å²) in [7, 11) is 0. The van der Waals surface area contributed by atoms with Crippen molar-refractivity contribution in [2.45, 2.75) is 12.5 Å². The maximum atomic E-state index is 13.4. The molecule has 1 aromatic carbocycles. The zero-order chi connectivity index (χ0) is 17.5. The van der Waals surface area contributed by atoms with Crippen LogP contribution in [0.2, 0.25) is 0 Å². The molecule has 1 saturated heterocycles. The predicted octanol–water partition coefficient (Wildman–Crippen LogP) is 4.19. The van der Waals surface area contributed by atoms with Gasteiger partial charge in [-0.15, -0.1) is 0 Å². The zero-order valence-corrected chi connectivity index (χ0v) is 14.0. The van der Waals surface area contributed by atoms with E-state index in [1.165, 1.54) is 12.1 Å². The second-order valence-corrected chi connectivity index (χ2v) is 6.47. The Bertz CT molecular complexity index is 1060. The van der Waals surface area contributed by atoms with Gasteiger partial charge in [0, 0.05) is 35.5 Å². The zero-order valence-electron chi connectivity index (χ0n) is 14.0. The molecule has 4 aromatic rings. The van der Waals surface area contributed by atoms with Crippen LogP contribution >= 0.6 is 0 Å². The molecule has 5 rings (SSSR count). The van der Waals surface area contributed by atoms with Crippen LogP contribution in [-0.4, -0.2) is 32.7 Å². The first-order chi connectivity index (χ1) is 12.8. The molecule has 26 heavy (non-hydrogen) atoms. The second-order valence-electron chi connectivity index (χ2n) is 6.47. The van der Waals surface area contributed by atoms with Crippen LogP contribution in [0.5, 0.6) is 0 Å². The maximum Gasteiger partial charge on any atom is 0.137 e. The normalized spacial score (nSPS) is 17.2. The summed E-state index contributed by atoms with van der Waals surface area (Å²) >= 11 is 0. The summed E-state index contributed by atoms with van der Waals surface area (Å²) in [5.41, 5.74) is 4.63. The monoisotopic (exact) mass is 348 g/mol. The fourth-order valence-corrected chi connectivity index (χ4v) is 3.63. The number of nitrogens with one attached hydrogen (secondary N) is 1. The quantitative estimate of drug-likeness (QED) is 0.604. The molecule has 0 saturated carbocycles. The molecule has 1 N–H and O–H groups in total. The van der Waals surface area contributed by atoms with E-state index in [4.69, 9.17) is 4.74 Å². The van der Waals surface area contributed by atoms with Gasteiger partial charge in [0.05, 0.1) is 30.4 Å². The van der Waals surface area contributed by atoms with Crippen LogP contribution in [0.4, 0.5) is 4.39 Å². The van der Waals surface area contributed by atoms with E-state index in [-0.39, 0.29) is 11.9 Å². The van der Waals surface area contributed by atoms with Crippen LogP contribution in [-0.2, 0) is 4.74 Å². The van der Waals surface area contributed by atoms with E-state index >= 15 is 0 Å². The number of ether oxygens (including phenoxy) is 1. The first-order valence-electron chi connectivity index (χ1n) is 8.64. The number of imidazole rings is 1. The fourth-order valence-electron chi connectivity index (χ4n) is 3.63. The van der Waals surface area contributed by atoms with Gasteiger partial charge in [0.15, 0.2) is 0 Å². The highest BCUT2D eigenvalue weighted by atomic mass is 19.1. The van der Waals surface area contributed by atoms with E-state index < -0.39 is 0 Å². The number of halogens is 1. The number of hydrogen-bond acceptors (Lipinski definition) is 3. The first-order valence-corrected chi connectivity index (χ1v) is 8.64. The van der Waals surface area contributed by atoms with Gasteiger partial charge in [0.2, 0.25) is 0 Å². The summed E-state index contributed by atoms with van der Waals surface area (Å²) in [5, 5.41) is 1.04. The van der Waals surface area contributed by atoms with Gasteiger partial charge in [-0.1, -0.05) is 0 Å². The summed E-state index contributed by atoms with van der Waals surface area (Å²) in [6.07, 6.45) is 6.50. The topological polar surface area (TPSA) is 55.7 Å². The van der Waals surface area contributed by atoms with Crippen molar-refractivity contribution in [3.05, 3.63) is 60.9 Å². The Morgan fingerprint density at radius 3 is 2.81 bits per heavy atom. The third-order valence-electron chi connectivity index (χ3n) is 4.93. The minimum atomic E-state index is -0.254. The largest absolute Gasteiger partial charge is 0.379 e. The standard InChI is InChI=1S/C20H17FN4O/c21-14-3-1-13(2-4-14)18-19(25(12-24-18)15-7-10-26-11-15)16-5-8-22-20-17(16)6-9-23-20/h1-6,8-9,12,15H,7,10-11H2,(H,22,23). The second kappa shape index (κ2) is 6.07. The Morgan fingerprint density at radius 2 is 2.00 bits per heavy atom. The van der Waals surface area contributed by atoms with E-state index in [1.807, 2.05) is 24.7 Å². The van der Waals surface area contributed by atoms with Crippen LogP contribution < -0.4 is 0 Å². The van der Waals surface area contributed by atoms with Crippen molar-refractivity contribution < 1.29 is 9.13 Å². The SMILES string of the molecule is Fc1ccc(-c2ncn(C3CCOC3)c2-c2ccnc3[nH]ccc23)cc1. The Labute approximate surface area is 149 Å². The summed E-state index contributed by atoms with van der Waals surface area (Å²) in [4.78, 5) is 12.2. The Kier molecular flexibility index (Phi) is 3.57. The van der Waals surface area contributed by atoms with Crippen LogP contribution in [0, 0.1) is 5.82 Å². The van der Waals surface area contributed by atoms with Gasteiger partial charge in [-0.3, -0.25) is 0 Å². The smallest absolute Gasteiger partial charge is 0.137 e. The molecule has 1 unspecified atom stereocenters. The van der Waals surface area contributed by atoms with Crippen molar-refractivity contribution in [2.75, 3.05) is 13.2 Å². The van der Waals surface area contributed by atoms with Crippen LogP contribution in [0.3, 0.4) is 0 Å². The highest BCUT2D eigenvalue weighted by Gasteiger charge is 2.25. The maximum absolute atomic E-state index is 13.4. The van der Waals surface area contributed by atoms with Crippen molar-refractivity contribution in [1.82, 2.24) is 19.5 Å². The van der Waals surface area contributed by atoms with Gasteiger partial charge in [0.1, 0.15) is 11.5 Å². The van der Waals surface area contributed by atoms with E-state index in [2.05, 4.69) is 19.5 Å². The van der Waals surface area contributed by atoms with E-state index in [0.717, 1.165) is 46.6 Å². The van der Waals surface area contributed by atoms with Crippen LogP contribution in [0.1, 0.15) is 12.5 Å². The molecule has 0 radical (unpaired) electrons. The molecular weight excluding hydrogens is 331 g/mol. The minimum Gasteiger partial charge on any atom is -0.379 e. The summed E-state index contributed by atoms with van der Waals surface area (Å²) < 4.78 is 21.2. The number of aromatic amines is 1. The molecule has 5 nitrogen and oxygen atoms in total. The lowest BCUT2D eigenvalue weighted by molar-refractivity contribution is 0.187. The lowest BCUT2D eigenvalue weighted by atomic mass is 10.0. The molecule has 0 bridgehead atoms. The molecule has 0 amide bonds. The fraction of sp³-hybridized carbons (Fsp3) is 0.200. The van der Waals surface area contributed by atoms with Crippen molar-refractivity contribution in [3.63, 3.8) is 0 Å². The van der Waals surface area contributed by atoms with E-state index in [9.17, 15) is 4.39 Å². The lowest BCUT2D eigenvalue weighted by Crippen LogP contribution is -2.09. The van der Waals surface area contributed by atoms with Gasteiger partial charge in [-0.05, 0) is 42.8 Å². The van der Waals surface area contributed by atoms with Crippen molar-refractivity contribution in [1.29, 1.82) is 0 Å². The average molecular weight is 348 g/mol.